The van der Waals surface area contributed by atoms with Gasteiger partial charge in [0.25, 0.3) is 11.8 Å². The van der Waals surface area contributed by atoms with Crippen LogP contribution in [0.2, 0.25) is 0 Å². The van der Waals surface area contributed by atoms with E-state index in [1.54, 1.807) is 60.5 Å². The number of amides is 3. The van der Waals surface area contributed by atoms with Gasteiger partial charge < -0.3 is 20.3 Å². The first kappa shape index (κ1) is 20.4. The average molecular weight is 395 g/mol. The second-order valence-electron chi connectivity index (χ2n) is 6.80. The molecule has 2 aromatic rings. The third-order valence-electron chi connectivity index (χ3n) is 4.90. The van der Waals surface area contributed by atoms with Crippen molar-refractivity contribution in [2.24, 2.45) is 0 Å². The minimum atomic E-state index is -0.491. The molecule has 29 heavy (non-hydrogen) atoms. The van der Waals surface area contributed by atoms with Gasteiger partial charge in [-0.25, -0.2) is 0 Å². The molecule has 0 aromatic heterocycles. The molecule has 1 aliphatic rings. The molecule has 0 spiro atoms. The lowest BCUT2D eigenvalue weighted by atomic mass is 10.1. The van der Waals surface area contributed by atoms with Crippen LogP contribution in [-0.2, 0) is 4.79 Å². The number of hydrogen-bond donors (Lipinski definition) is 2. The van der Waals surface area contributed by atoms with E-state index in [1.165, 1.54) is 0 Å². The van der Waals surface area contributed by atoms with Crippen LogP contribution in [0.4, 0.5) is 0 Å². The molecule has 2 aromatic carbocycles. The van der Waals surface area contributed by atoms with Gasteiger partial charge in [-0.1, -0.05) is 18.2 Å². The van der Waals surface area contributed by atoms with Crippen molar-refractivity contribution in [3.05, 3.63) is 65.7 Å². The molecule has 3 rings (SSSR count). The topological polar surface area (TPSA) is 87.7 Å². The summed E-state index contributed by atoms with van der Waals surface area (Å²) < 4.78 is 5.11. The molecule has 1 fully saturated rings. The predicted molar refractivity (Wildman–Crippen MR) is 109 cm³/mol. The molecule has 0 bridgehead atoms. The number of rotatable bonds is 7. The second kappa shape index (κ2) is 9.73. The first-order valence-electron chi connectivity index (χ1n) is 9.66. The lowest BCUT2D eigenvalue weighted by Crippen LogP contribution is -2.47. The van der Waals surface area contributed by atoms with Gasteiger partial charge in [0.15, 0.2) is 0 Å². The molecule has 1 atom stereocenters. The highest BCUT2D eigenvalue weighted by atomic mass is 16.5. The zero-order valence-electron chi connectivity index (χ0n) is 16.4. The molecular weight excluding hydrogens is 370 g/mol. The van der Waals surface area contributed by atoms with Crippen molar-refractivity contribution >= 4 is 17.7 Å². The molecule has 0 saturated carbocycles. The van der Waals surface area contributed by atoms with Crippen molar-refractivity contribution in [1.82, 2.24) is 15.5 Å². The zero-order chi connectivity index (χ0) is 20.6. The fourth-order valence-corrected chi connectivity index (χ4v) is 3.35. The van der Waals surface area contributed by atoms with Crippen molar-refractivity contribution in [3.8, 4) is 5.75 Å². The van der Waals surface area contributed by atoms with Crippen LogP contribution in [0.3, 0.4) is 0 Å². The molecular formula is C22H25N3O4. The minimum absolute atomic E-state index is 0.164. The maximum absolute atomic E-state index is 12.8. The summed E-state index contributed by atoms with van der Waals surface area (Å²) in [5.74, 6) is 0.132. The molecule has 7 heteroatoms. The molecule has 0 radical (unpaired) electrons. The normalized spacial score (nSPS) is 15.6. The van der Waals surface area contributed by atoms with Crippen LogP contribution in [0.15, 0.2) is 54.6 Å². The summed E-state index contributed by atoms with van der Waals surface area (Å²) in [4.78, 5) is 39.0. The third kappa shape index (κ3) is 5.13. The summed E-state index contributed by atoms with van der Waals surface area (Å²) in [6, 6.07) is 15.3. The van der Waals surface area contributed by atoms with E-state index >= 15 is 0 Å². The Hall–Kier alpha value is -3.35. The van der Waals surface area contributed by atoms with Gasteiger partial charge in [0.1, 0.15) is 11.8 Å². The number of carbonyl (C=O) groups is 3. The van der Waals surface area contributed by atoms with Crippen LogP contribution < -0.4 is 15.4 Å². The SMILES string of the molecule is COc1ccc(C(=O)N2CCC[C@H]2C(=O)NCCNC(=O)c2ccccc2)cc1. The first-order chi connectivity index (χ1) is 14.1. The number of nitrogens with zero attached hydrogens (tertiary/aromatic N) is 1. The van der Waals surface area contributed by atoms with E-state index in [0.29, 0.717) is 42.9 Å². The van der Waals surface area contributed by atoms with E-state index in [4.69, 9.17) is 4.74 Å². The number of hydrogen-bond acceptors (Lipinski definition) is 4. The molecule has 1 aliphatic heterocycles. The summed E-state index contributed by atoms with van der Waals surface area (Å²) in [7, 11) is 1.57. The fourth-order valence-electron chi connectivity index (χ4n) is 3.35. The standard InChI is InChI=1S/C22H25N3O4/c1-29-18-11-9-17(10-12-18)22(28)25-15-5-8-19(25)21(27)24-14-13-23-20(26)16-6-3-2-4-7-16/h2-4,6-7,9-12,19H,5,8,13-15H2,1H3,(H,23,26)(H,24,27)/t19-/m0/s1. The fraction of sp³-hybridized carbons (Fsp3) is 0.318. The summed E-state index contributed by atoms with van der Waals surface area (Å²) in [5, 5.41) is 5.59. The van der Waals surface area contributed by atoms with Crippen molar-refractivity contribution in [3.63, 3.8) is 0 Å². The van der Waals surface area contributed by atoms with Gasteiger partial charge in [0.05, 0.1) is 7.11 Å². The van der Waals surface area contributed by atoms with E-state index in [1.807, 2.05) is 6.07 Å². The van der Waals surface area contributed by atoms with Gasteiger partial charge in [-0.3, -0.25) is 14.4 Å². The smallest absolute Gasteiger partial charge is 0.254 e. The van der Waals surface area contributed by atoms with Crippen molar-refractivity contribution in [1.29, 1.82) is 0 Å². The van der Waals surface area contributed by atoms with E-state index in [2.05, 4.69) is 10.6 Å². The maximum Gasteiger partial charge on any atom is 0.254 e. The second-order valence-corrected chi connectivity index (χ2v) is 6.80. The molecule has 1 saturated heterocycles. The molecule has 7 nitrogen and oxygen atoms in total. The van der Waals surface area contributed by atoms with Crippen LogP contribution in [-0.4, -0.2) is 55.4 Å². The predicted octanol–water partition coefficient (Wildman–Crippen LogP) is 1.85. The Kier molecular flexibility index (Phi) is 6.84. The van der Waals surface area contributed by atoms with Crippen LogP contribution in [0.25, 0.3) is 0 Å². The van der Waals surface area contributed by atoms with Crippen LogP contribution in [0.1, 0.15) is 33.6 Å². The molecule has 3 amide bonds. The Morgan fingerprint density at radius 3 is 2.34 bits per heavy atom. The van der Waals surface area contributed by atoms with Crippen molar-refractivity contribution in [2.75, 3.05) is 26.7 Å². The average Bonchev–Trinajstić information content (AvgIpc) is 3.26. The first-order valence-corrected chi connectivity index (χ1v) is 9.66. The van der Waals surface area contributed by atoms with Gasteiger partial charge in [-0.2, -0.15) is 0 Å². The van der Waals surface area contributed by atoms with E-state index in [0.717, 1.165) is 6.42 Å². The van der Waals surface area contributed by atoms with Gasteiger partial charge in [0, 0.05) is 30.8 Å². The van der Waals surface area contributed by atoms with Crippen LogP contribution in [0, 0.1) is 0 Å². The van der Waals surface area contributed by atoms with Crippen LogP contribution >= 0.6 is 0 Å². The summed E-state index contributed by atoms with van der Waals surface area (Å²) in [5.41, 5.74) is 1.10. The molecule has 152 valence electrons. The molecule has 0 unspecified atom stereocenters. The number of methoxy groups -OCH3 is 1. The summed E-state index contributed by atoms with van der Waals surface area (Å²) in [6.45, 7) is 1.17. The Balaban J connectivity index is 1.49. The van der Waals surface area contributed by atoms with Crippen LogP contribution in [0.5, 0.6) is 5.75 Å². The highest BCUT2D eigenvalue weighted by Crippen LogP contribution is 2.21. The zero-order valence-corrected chi connectivity index (χ0v) is 16.4. The van der Waals surface area contributed by atoms with Gasteiger partial charge in [-0.05, 0) is 49.2 Å². The number of nitrogens with one attached hydrogen (secondary N) is 2. The molecule has 0 aliphatic carbocycles. The quantitative estimate of drug-likeness (QED) is 0.701. The number of carbonyl (C=O) groups excluding carboxylic acids is 3. The highest BCUT2D eigenvalue weighted by molar-refractivity contribution is 5.98. The van der Waals surface area contributed by atoms with E-state index in [9.17, 15) is 14.4 Å². The number of ether oxygens (including phenoxy) is 1. The monoisotopic (exact) mass is 395 g/mol. The van der Waals surface area contributed by atoms with Gasteiger partial charge in [0.2, 0.25) is 5.91 Å². The lowest BCUT2D eigenvalue weighted by molar-refractivity contribution is -0.124. The minimum Gasteiger partial charge on any atom is -0.497 e. The van der Waals surface area contributed by atoms with E-state index < -0.39 is 6.04 Å². The number of likely N-dealkylation sites (tertiary alicyclic amines) is 1. The third-order valence-corrected chi connectivity index (χ3v) is 4.90. The Bertz CT molecular complexity index is 852. The molecule has 1 heterocycles. The number of benzene rings is 2. The molecule has 2 N–H and O–H groups in total. The highest BCUT2D eigenvalue weighted by Gasteiger charge is 2.34. The largest absolute Gasteiger partial charge is 0.497 e. The Morgan fingerprint density at radius 2 is 1.66 bits per heavy atom. The maximum atomic E-state index is 12.8. The lowest BCUT2D eigenvalue weighted by Gasteiger charge is -2.24. The van der Waals surface area contributed by atoms with Gasteiger partial charge in [-0.15, -0.1) is 0 Å². The summed E-state index contributed by atoms with van der Waals surface area (Å²) >= 11 is 0. The van der Waals surface area contributed by atoms with E-state index in [-0.39, 0.29) is 17.7 Å². The summed E-state index contributed by atoms with van der Waals surface area (Å²) in [6.07, 6.45) is 1.41. The Morgan fingerprint density at radius 1 is 0.966 bits per heavy atom. The Labute approximate surface area is 170 Å². The van der Waals surface area contributed by atoms with Crippen molar-refractivity contribution < 1.29 is 19.1 Å². The van der Waals surface area contributed by atoms with Crippen molar-refractivity contribution in [2.45, 2.75) is 18.9 Å². The van der Waals surface area contributed by atoms with Gasteiger partial charge >= 0.3 is 0 Å².